The number of fused-ring (bicyclic) bond motifs is 10. The highest BCUT2D eigenvalue weighted by molar-refractivity contribution is 7.00. The lowest BCUT2D eigenvalue weighted by molar-refractivity contribution is 0.590. The molecule has 0 fully saturated rings. The first-order valence-corrected chi connectivity index (χ1v) is 43.2. The fourth-order valence-corrected chi connectivity index (χ4v) is 19.8. The summed E-state index contributed by atoms with van der Waals surface area (Å²) in [4.78, 5) is 5.35. The van der Waals surface area contributed by atoms with E-state index in [9.17, 15) is 10.5 Å². The number of benzene rings is 18. The summed E-state index contributed by atoms with van der Waals surface area (Å²) >= 11 is 0. The van der Waals surface area contributed by atoms with Gasteiger partial charge in [0.25, 0.3) is 6.71 Å². The van der Waals surface area contributed by atoms with Gasteiger partial charge < -0.3 is 18.9 Å². The summed E-state index contributed by atoms with van der Waals surface area (Å²) in [6.07, 6.45) is 0. The maximum absolute atomic E-state index is 11.4. The molecule has 0 amide bonds. The lowest BCUT2D eigenvalue weighted by Crippen LogP contribution is -2.61. The number of para-hydroxylation sites is 4. The number of rotatable bonds is 13. The topological polar surface area (TPSA) is 63.9 Å². The lowest BCUT2D eigenvalue weighted by Gasteiger charge is -2.46. The first kappa shape index (κ1) is 75.4. The van der Waals surface area contributed by atoms with E-state index < -0.39 is 6.71 Å². The minimum absolute atomic E-state index is 0.247. The quantitative estimate of drug-likeness (QED) is 0.108. The first-order valence-electron chi connectivity index (χ1n) is 43.2. The van der Waals surface area contributed by atoms with Crippen molar-refractivity contribution >= 4 is 101 Å². The molecule has 0 atom stereocenters. The Hall–Kier alpha value is -15.8. The van der Waals surface area contributed by atoms with Crippen molar-refractivity contribution < 1.29 is 0 Å². The van der Waals surface area contributed by atoms with Crippen LogP contribution in [0.25, 0.3) is 155 Å². The van der Waals surface area contributed by atoms with Crippen molar-refractivity contribution in [2.75, 3.05) is 9.80 Å². The SMILES string of the molecule is CC(C)(C)c1cccc(-c2cc(-c3ccccc3C#N)cc(-c3cccc(-c4ccccc4)c3)c2N2c3cc(-n4c5ccccc5c5ccccc54)ccc3B3c4ccc(-n5c6ccccc6c6ccccc65)cc4N(c4c(-c5cccc(-c6ccccc6)c5)cc(-c5ccccc5C#N)cc4-c4cccc(C(C)(C)C)c4)c4cc(-c5ccccc5)cc2c43)c1. The highest BCUT2D eigenvalue weighted by atomic mass is 15.2. The molecule has 0 saturated carbocycles. The largest absolute Gasteiger partial charge is 0.310 e. The molecule has 0 radical (unpaired) electrons. The average molecular weight is 1600 g/mol. The molecule has 0 unspecified atom stereocenters. The fraction of sp³-hybridized carbons (Fsp3) is 0.0678. The zero-order chi connectivity index (χ0) is 84.3. The van der Waals surface area contributed by atoms with Crippen LogP contribution in [0.5, 0.6) is 0 Å². The van der Waals surface area contributed by atoms with E-state index in [2.05, 4.69) is 455 Å². The van der Waals surface area contributed by atoms with Gasteiger partial charge in [-0.1, -0.05) is 339 Å². The molecule has 0 spiro atoms. The van der Waals surface area contributed by atoms with E-state index in [4.69, 9.17) is 0 Å². The highest BCUT2D eigenvalue weighted by Crippen LogP contribution is 2.57. The van der Waals surface area contributed by atoms with Crippen LogP contribution in [0.1, 0.15) is 63.8 Å². The summed E-state index contributed by atoms with van der Waals surface area (Å²) in [5, 5.41) is 27.4. The second-order valence-corrected chi connectivity index (χ2v) is 35.3. The molecule has 0 aliphatic carbocycles. The van der Waals surface area contributed by atoms with Crippen molar-refractivity contribution in [3.05, 3.63) is 429 Å². The van der Waals surface area contributed by atoms with E-state index in [0.717, 1.165) is 184 Å². The van der Waals surface area contributed by atoms with E-state index in [0.29, 0.717) is 11.1 Å². The van der Waals surface area contributed by atoms with Gasteiger partial charge in [-0.25, -0.2) is 0 Å². The van der Waals surface area contributed by atoms with Crippen LogP contribution in [0, 0.1) is 22.7 Å². The third-order valence-corrected chi connectivity index (χ3v) is 25.8. The molecule has 125 heavy (non-hydrogen) atoms. The third kappa shape index (κ3) is 12.8. The number of nitrogens with zero attached hydrogens (tertiary/aromatic N) is 6. The minimum atomic E-state index is -0.416. The highest BCUT2D eigenvalue weighted by Gasteiger charge is 2.47. The summed E-state index contributed by atoms with van der Waals surface area (Å²) in [6, 6.07) is 155. The molecule has 0 bridgehead atoms. The van der Waals surface area contributed by atoms with Crippen molar-refractivity contribution in [1.82, 2.24) is 9.13 Å². The van der Waals surface area contributed by atoms with Gasteiger partial charge in [0, 0.05) is 77.9 Å². The van der Waals surface area contributed by atoms with E-state index in [1.54, 1.807) is 0 Å². The second kappa shape index (κ2) is 30.1. The van der Waals surface area contributed by atoms with Gasteiger partial charge >= 0.3 is 0 Å². The molecule has 18 aromatic carbocycles. The summed E-state index contributed by atoms with van der Waals surface area (Å²) < 4.78 is 4.95. The Morgan fingerprint density at radius 1 is 0.232 bits per heavy atom. The van der Waals surface area contributed by atoms with E-state index in [1.165, 1.54) is 32.7 Å². The molecule has 7 heteroatoms. The molecular weight excluding hydrogens is 1510 g/mol. The van der Waals surface area contributed by atoms with E-state index >= 15 is 0 Å². The Labute approximate surface area is 730 Å². The fourth-order valence-electron chi connectivity index (χ4n) is 19.8. The number of hydrogen-bond donors (Lipinski definition) is 0. The average Bonchev–Trinajstić information content (AvgIpc) is 0.782. The van der Waals surface area contributed by atoms with Crippen molar-refractivity contribution in [1.29, 1.82) is 10.5 Å². The van der Waals surface area contributed by atoms with Crippen molar-refractivity contribution in [2.24, 2.45) is 0 Å². The van der Waals surface area contributed by atoms with Gasteiger partial charge in [0.2, 0.25) is 0 Å². The Balaban J connectivity index is 0.952. The monoisotopic (exact) mass is 1600 g/mol. The van der Waals surface area contributed by atoms with Gasteiger partial charge in [0.05, 0.1) is 56.7 Å². The number of hydrogen-bond acceptors (Lipinski definition) is 4. The summed E-state index contributed by atoms with van der Waals surface area (Å²) in [7, 11) is 0. The van der Waals surface area contributed by atoms with Gasteiger partial charge in [-0.3, -0.25) is 0 Å². The van der Waals surface area contributed by atoms with Gasteiger partial charge in [-0.05, 0) is 225 Å². The van der Waals surface area contributed by atoms with Gasteiger partial charge in [0.1, 0.15) is 0 Å². The summed E-state index contributed by atoms with van der Waals surface area (Å²) in [5.74, 6) is 0. The van der Waals surface area contributed by atoms with Crippen LogP contribution < -0.4 is 26.2 Å². The molecular formula is C118H85BN6. The van der Waals surface area contributed by atoms with E-state index in [1.807, 2.05) is 24.3 Å². The van der Waals surface area contributed by atoms with Gasteiger partial charge in [0.15, 0.2) is 0 Å². The second-order valence-electron chi connectivity index (χ2n) is 35.3. The molecule has 2 aromatic heterocycles. The van der Waals surface area contributed by atoms with Crippen LogP contribution in [0.4, 0.5) is 34.1 Å². The lowest BCUT2D eigenvalue weighted by atomic mass is 9.33. The number of aromatic nitrogens is 2. The Kier molecular flexibility index (Phi) is 18.2. The molecule has 590 valence electrons. The zero-order valence-electron chi connectivity index (χ0n) is 70.4. The van der Waals surface area contributed by atoms with Gasteiger partial charge in [-0.2, -0.15) is 10.5 Å². The Morgan fingerprint density at radius 3 is 0.896 bits per heavy atom. The molecule has 20 aromatic rings. The normalized spacial score (nSPS) is 12.3. The van der Waals surface area contributed by atoms with Crippen LogP contribution in [0.2, 0.25) is 0 Å². The smallest absolute Gasteiger partial charge is 0.252 e. The molecule has 22 rings (SSSR count). The summed E-state index contributed by atoms with van der Waals surface area (Å²) in [6.45, 7) is 13.4. The molecule has 0 saturated heterocycles. The Bertz CT molecular complexity index is 7310. The molecule has 4 heterocycles. The first-order chi connectivity index (χ1) is 61.2. The molecule has 2 aliphatic rings. The van der Waals surface area contributed by atoms with Crippen LogP contribution in [-0.2, 0) is 10.8 Å². The van der Waals surface area contributed by atoms with Crippen LogP contribution >= 0.6 is 0 Å². The van der Waals surface area contributed by atoms with Crippen molar-refractivity contribution in [2.45, 2.75) is 52.4 Å². The van der Waals surface area contributed by atoms with Crippen LogP contribution in [0.15, 0.2) is 406 Å². The van der Waals surface area contributed by atoms with Crippen molar-refractivity contribution in [3.8, 4) is 124 Å². The molecule has 6 nitrogen and oxygen atoms in total. The maximum atomic E-state index is 11.4. The van der Waals surface area contributed by atoms with Crippen molar-refractivity contribution in [3.63, 3.8) is 0 Å². The number of anilines is 6. The molecule has 2 aliphatic heterocycles. The minimum Gasteiger partial charge on any atom is -0.310 e. The van der Waals surface area contributed by atoms with Crippen LogP contribution in [-0.4, -0.2) is 15.8 Å². The standard InChI is InChI=1S/C118H85BN6/c1-117(2,3)90-46-30-44-83(64-90)102-68-88(94-48-18-16-38-85(94)74-120)66-100(81-42-28-40-79(62-81)76-32-10-7-11-33-76)115(102)124-110-72-92(122-106-54-24-20-50-96(106)97-51-21-25-55-107(97)122)58-60-104(110)119-105-61-59-93(123-108-56-26-22-52-98(108)99-53-23-27-57-109(99)123)73-111(105)125(113-71-87(70-112(124)114(113)119)78-36-14-9-15-37-78)116-101(82-43-29-41-80(63-82)77-34-12-8-13-35-77)67-89(95-49-19-17-39-86(95)75-121)69-103(116)84-45-31-47-91(65-84)118(4,5)6/h7-73H,1-6H3. The third-order valence-electron chi connectivity index (χ3n) is 25.8. The predicted octanol–water partition coefficient (Wildman–Crippen LogP) is 29.3. The zero-order valence-corrected chi connectivity index (χ0v) is 70.4. The number of nitriles is 2. The maximum Gasteiger partial charge on any atom is 0.252 e. The summed E-state index contributed by atoms with van der Waals surface area (Å²) in [5.41, 5.74) is 36.8. The Morgan fingerprint density at radius 2 is 0.536 bits per heavy atom. The van der Waals surface area contributed by atoms with Gasteiger partial charge in [-0.15, -0.1) is 0 Å². The van der Waals surface area contributed by atoms with Crippen LogP contribution in [0.3, 0.4) is 0 Å². The molecule has 0 N–H and O–H groups in total. The van der Waals surface area contributed by atoms with E-state index in [-0.39, 0.29) is 10.8 Å². The predicted molar refractivity (Wildman–Crippen MR) is 525 cm³/mol.